The van der Waals surface area contributed by atoms with Crippen LogP contribution in [-0.2, 0) is 25.7 Å². The van der Waals surface area contributed by atoms with Crippen molar-refractivity contribution < 1.29 is 33.5 Å². The van der Waals surface area contributed by atoms with Crippen LogP contribution in [0.2, 0.25) is 0 Å². The number of H-pyrrole nitrogens is 1. The highest BCUT2D eigenvalue weighted by atomic mass is 32.1. The maximum atomic E-state index is 15.7. The molecule has 0 radical (unpaired) electrons. The molecule has 2 aromatic carbocycles. The number of carbonyl (C=O) groups is 5. The first-order valence-corrected chi connectivity index (χ1v) is 28.2. The average Bonchev–Trinajstić information content (AvgIpc) is 3.95. The summed E-state index contributed by atoms with van der Waals surface area (Å²) < 4.78 is 17.6. The van der Waals surface area contributed by atoms with E-state index in [2.05, 4.69) is 41.4 Å². The van der Waals surface area contributed by atoms with E-state index < -0.39 is 29.4 Å². The van der Waals surface area contributed by atoms with Gasteiger partial charge in [-0.3, -0.25) is 38.4 Å². The van der Waals surface area contributed by atoms with Crippen molar-refractivity contribution in [2.45, 2.75) is 129 Å². The third-order valence-electron chi connectivity index (χ3n) is 14.9. The number of benzene rings is 2. The fraction of sp³-hybridized carbons (Fsp3) is 0.491. The number of aliphatic hydroxyl groups excluding tert-OH is 1. The number of nitrogens with one attached hydrogen (secondary N) is 5. The van der Waals surface area contributed by atoms with Crippen LogP contribution < -0.4 is 21.3 Å². The van der Waals surface area contributed by atoms with Crippen molar-refractivity contribution in [1.82, 2.24) is 60.2 Å². The lowest BCUT2D eigenvalue weighted by Gasteiger charge is -2.35. The Morgan fingerprint density at radius 3 is 2.31 bits per heavy atom. The van der Waals surface area contributed by atoms with E-state index in [1.54, 1.807) is 47.0 Å². The van der Waals surface area contributed by atoms with Crippen molar-refractivity contribution in [2.75, 3.05) is 51.1 Å². The molecular weight excluding hydrogens is 1010 g/mol. The molecule has 6 heterocycles. The van der Waals surface area contributed by atoms with E-state index >= 15 is 4.39 Å². The van der Waals surface area contributed by atoms with E-state index in [0.29, 0.717) is 56.5 Å². The summed E-state index contributed by atoms with van der Waals surface area (Å²) in [5.41, 5.74) is 7.70. The van der Waals surface area contributed by atoms with E-state index in [1.807, 2.05) is 73.0 Å². The Balaban J connectivity index is 0.626. The number of aromatic nitrogens is 6. The molecule has 9 rings (SSSR count). The van der Waals surface area contributed by atoms with Crippen LogP contribution in [0.5, 0.6) is 0 Å². The van der Waals surface area contributed by atoms with Crippen molar-refractivity contribution in [3.05, 3.63) is 101 Å². The van der Waals surface area contributed by atoms with Gasteiger partial charge in [-0.25, -0.2) is 19.3 Å². The summed E-state index contributed by atoms with van der Waals surface area (Å²) in [4.78, 5) is 87.0. The summed E-state index contributed by atoms with van der Waals surface area (Å²) >= 11 is 1.58. The average molecular weight is 1090 g/mol. The number of likely N-dealkylation sites (tertiary alicyclic amines) is 1. The maximum absolute atomic E-state index is 15.7. The summed E-state index contributed by atoms with van der Waals surface area (Å²) in [6.45, 7) is 10.6. The molecule has 6 aromatic rings. The Kier molecular flexibility index (Phi) is 17.9. The van der Waals surface area contributed by atoms with Gasteiger partial charge in [0.1, 0.15) is 17.9 Å². The van der Waals surface area contributed by atoms with Crippen LogP contribution in [0.1, 0.15) is 125 Å². The van der Waals surface area contributed by atoms with Gasteiger partial charge in [-0.05, 0) is 67.3 Å². The van der Waals surface area contributed by atoms with Crippen molar-refractivity contribution in [3.63, 3.8) is 0 Å². The number of aryl methyl sites for hydroxylation is 1. The molecule has 2 saturated heterocycles. The van der Waals surface area contributed by atoms with E-state index in [4.69, 9.17) is 4.98 Å². The number of fused-ring (bicyclic) bond motifs is 1. The quantitative estimate of drug-likeness (QED) is 0.0352. The van der Waals surface area contributed by atoms with Gasteiger partial charge in [0.15, 0.2) is 11.5 Å². The second-order valence-electron chi connectivity index (χ2n) is 22.0. The zero-order chi connectivity index (χ0) is 54.9. The van der Waals surface area contributed by atoms with Gasteiger partial charge in [0.05, 0.1) is 58.2 Å². The normalized spacial score (nSPS) is 17.3. The van der Waals surface area contributed by atoms with Crippen LogP contribution in [0, 0.1) is 18.2 Å². The van der Waals surface area contributed by atoms with Crippen molar-refractivity contribution in [3.8, 4) is 21.7 Å². The summed E-state index contributed by atoms with van der Waals surface area (Å²) in [6.07, 6.45) is 15.2. The molecule has 1 saturated carbocycles. The number of β-amino-alcohol motifs (C(OH)–C–C–N with tert-alkyl or cyclic N) is 1. The van der Waals surface area contributed by atoms with E-state index in [9.17, 15) is 29.1 Å². The number of piperazine rings is 1. The van der Waals surface area contributed by atoms with Gasteiger partial charge in [0, 0.05) is 88.1 Å². The predicted octanol–water partition coefficient (Wildman–Crippen LogP) is 7.12. The first-order chi connectivity index (χ1) is 37.6. The van der Waals surface area contributed by atoms with Gasteiger partial charge in [-0.15, -0.1) is 11.3 Å². The monoisotopic (exact) mass is 1090 g/mol. The first kappa shape index (κ1) is 55.6. The smallest absolute Gasteiger partial charge is 0.254 e. The van der Waals surface area contributed by atoms with Crippen LogP contribution >= 0.6 is 11.3 Å². The lowest BCUT2D eigenvalue weighted by molar-refractivity contribution is -0.144. The van der Waals surface area contributed by atoms with Crippen molar-refractivity contribution in [1.29, 1.82) is 0 Å². The number of carbonyl (C=O) groups excluding carboxylic acids is 5. The minimum absolute atomic E-state index is 0.0163. The Morgan fingerprint density at radius 1 is 0.885 bits per heavy atom. The Bertz CT molecular complexity index is 3050. The topological polar surface area (TPSA) is 235 Å². The predicted molar refractivity (Wildman–Crippen MR) is 296 cm³/mol. The number of hydrogen-bond acceptors (Lipinski definition) is 13. The highest BCUT2D eigenvalue weighted by Gasteiger charge is 2.44. The molecule has 78 heavy (non-hydrogen) atoms. The molecule has 21 heteroatoms. The third kappa shape index (κ3) is 14.0. The lowest BCUT2D eigenvalue weighted by atomic mass is 9.85. The van der Waals surface area contributed by atoms with Gasteiger partial charge < -0.3 is 36.2 Å². The van der Waals surface area contributed by atoms with Gasteiger partial charge in [0.25, 0.3) is 5.91 Å². The van der Waals surface area contributed by atoms with Crippen LogP contribution in [0.3, 0.4) is 0 Å². The number of hydrogen-bond donors (Lipinski definition) is 6. The number of thiazole rings is 1. The molecular formula is C57H72FN13O6S. The minimum Gasteiger partial charge on any atom is -0.391 e. The molecule has 0 unspecified atom stereocenters. The molecule has 3 fully saturated rings. The molecule has 3 atom stereocenters. The highest BCUT2D eigenvalue weighted by Crippen LogP contribution is 2.41. The number of imidazole rings is 1. The molecule has 6 N–H and O–H groups in total. The van der Waals surface area contributed by atoms with Gasteiger partial charge in [-0.1, -0.05) is 77.1 Å². The van der Waals surface area contributed by atoms with Crippen molar-refractivity contribution in [2.24, 2.45) is 5.41 Å². The number of halogens is 1. The minimum atomic E-state index is -0.873. The van der Waals surface area contributed by atoms with E-state index in [1.165, 1.54) is 11.0 Å². The summed E-state index contributed by atoms with van der Waals surface area (Å²) in [7, 11) is 0. The van der Waals surface area contributed by atoms with Crippen LogP contribution in [0.4, 0.5) is 15.9 Å². The molecule has 0 spiro atoms. The molecule has 0 bridgehead atoms. The molecule has 3 aliphatic rings. The van der Waals surface area contributed by atoms with Gasteiger partial charge in [0.2, 0.25) is 23.6 Å². The third-order valence-corrected chi connectivity index (χ3v) is 15.9. The van der Waals surface area contributed by atoms with E-state index in [0.717, 1.165) is 90.0 Å². The zero-order valence-corrected chi connectivity index (χ0v) is 45.8. The second kappa shape index (κ2) is 25.1. The summed E-state index contributed by atoms with van der Waals surface area (Å²) in [5, 5.41) is 29.6. The summed E-state index contributed by atoms with van der Waals surface area (Å²) in [5.74, 6) is -1.08. The highest BCUT2D eigenvalue weighted by molar-refractivity contribution is 7.13. The molecule has 1 aliphatic carbocycles. The van der Waals surface area contributed by atoms with Crippen molar-refractivity contribution >= 4 is 58.0 Å². The number of unbranched alkanes of at least 4 members (excludes halogenated alkanes) is 6. The standard InChI is InChI=1S/C57H72FN13O6S/c1-36-50(78-35-62-36)39-15-13-37(14-16-39)28-61-54(75)46-27-42(72)32-71(46)56(77)51(57(2,3)4)67-48(73)12-10-8-6-5-7-9-11-21-59-49(74)34-68-22-24-69(25-23-68)55(76)40-19-20-44(43(58)26-40)65-52-53-60-31-47(41-29-63-64-30-41)70(53)33-45(66-52)38-17-18-38/h13-16,19-20,26,29-31,33,35,38,42,46,51,72H,5-12,17-18,21-25,27-28,32,34H2,1-4H3,(H,59,74)(H,61,75)(H,63,64)(H,65,66)(H,67,73)/t42-,46+,51-/m1/s1. The number of rotatable bonds is 23. The number of amides is 5. The zero-order valence-electron chi connectivity index (χ0n) is 45.0. The lowest BCUT2D eigenvalue weighted by Crippen LogP contribution is -2.57. The van der Waals surface area contributed by atoms with E-state index in [-0.39, 0.29) is 73.3 Å². The second-order valence-corrected chi connectivity index (χ2v) is 22.9. The fourth-order valence-corrected chi connectivity index (χ4v) is 11.0. The number of aromatic amines is 1. The Hall–Kier alpha value is -7.10. The van der Waals surface area contributed by atoms with Crippen LogP contribution in [-0.4, -0.2) is 143 Å². The first-order valence-electron chi connectivity index (χ1n) is 27.4. The SMILES string of the molecule is Cc1ncsc1-c1ccc(CNC(=O)[C@@H]2C[C@@H](O)CN2C(=O)[C@@H](NC(=O)CCCCCCCCCNC(=O)CN2CCN(C(=O)c3ccc(Nc4nc(C5CC5)cn5c(-c6cn[nH]c6)cnc45)c(F)c3)CC2)C(C)(C)C)cc1. The van der Waals surface area contributed by atoms with Crippen LogP contribution in [0.25, 0.3) is 27.3 Å². The molecule has 414 valence electrons. The Labute approximate surface area is 458 Å². The largest absolute Gasteiger partial charge is 0.391 e. The number of aliphatic hydroxyl groups is 1. The summed E-state index contributed by atoms with van der Waals surface area (Å²) in [6, 6.07) is 10.6. The molecule has 2 aliphatic heterocycles. The molecule has 4 aromatic heterocycles. The molecule has 19 nitrogen and oxygen atoms in total. The van der Waals surface area contributed by atoms with Crippen LogP contribution in [0.15, 0.2) is 72.8 Å². The van der Waals surface area contributed by atoms with Gasteiger partial charge in [-0.2, -0.15) is 5.10 Å². The fourth-order valence-electron chi connectivity index (χ4n) is 10.2. The maximum Gasteiger partial charge on any atom is 0.254 e. The Morgan fingerprint density at radius 2 is 1.63 bits per heavy atom. The number of anilines is 2. The van der Waals surface area contributed by atoms with Gasteiger partial charge >= 0.3 is 0 Å². The number of nitrogens with zero attached hydrogens (tertiary/aromatic N) is 8. The molecule has 5 amide bonds.